The minimum atomic E-state index is -3.57. The van der Waals surface area contributed by atoms with Gasteiger partial charge in [-0.3, -0.25) is 0 Å². The normalized spacial score (nSPS) is 13.5. The van der Waals surface area contributed by atoms with E-state index in [1.54, 1.807) is 18.2 Å². The monoisotopic (exact) mass is 569 g/mol. The summed E-state index contributed by atoms with van der Waals surface area (Å²) in [6.07, 6.45) is 0. The maximum absolute atomic E-state index is 13.4. The Balaban J connectivity index is 1.44. The first-order valence-electron chi connectivity index (χ1n) is 14.3. The fourth-order valence-corrected chi connectivity index (χ4v) is 8.61. The number of nitrogens with zero attached hydrogens (tertiary/aromatic N) is 1. The minimum absolute atomic E-state index is 0.348. The van der Waals surface area contributed by atoms with E-state index in [1.165, 1.54) is 21.9 Å². The van der Waals surface area contributed by atoms with Crippen LogP contribution in [0.5, 0.6) is 0 Å². The molecule has 3 nitrogen and oxygen atoms in total. The number of benzene rings is 6. The Labute approximate surface area is 249 Å². The Bertz CT molecular complexity index is 2390. The lowest BCUT2D eigenvalue weighted by molar-refractivity contribution is 0.598. The van der Waals surface area contributed by atoms with E-state index in [2.05, 4.69) is 72.8 Å². The Kier molecular flexibility index (Phi) is 4.99. The summed E-state index contributed by atoms with van der Waals surface area (Å²) < 4.78 is 26.8. The Morgan fingerprint density at radius 1 is 0.419 bits per heavy atom. The molecule has 0 N–H and O–H groups in total. The van der Waals surface area contributed by atoms with Crippen LogP contribution in [0.25, 0.3) is 77.8 Å². The Morgan fingerprint density at radius 3 is 1.74 bits per heavy atom. The number of rotatable bonds is 3. The van der Waals surface area contributed by atoms with E-state index in [0.29, 0.717) is 9.79 Å². The zero-order chi connectivity index (χ0) is 28.7. The molecule has 2 heterocycles. The van der Waals surface area contributed by atoms with Gasteiger partial charge in [-0.1, -0.05) is 121 Å². The van der Waals surface area contributed by atoms with Crippen LogP contribution in [0.4, 0.5) is 0 Å². The summed E-state index contributed by atoms with van der Waals surface area (Å²) in [5, 5.41) is 2.44. The SMILES string of the molecule is O=S1(=O)c2ccccc2-c2cc(-c3nc(-c4ccccc4)c4c(c3-c3ccccc3)-c3cccc5cccc-4c35)ccc21. The smallest absolute Gasteiger partial charge is 0.207 e. The standard InChI is InChI=1S/C39H23NO2S/c41-43(42)32-20-8-7-17-28(32)31-23-27(21-22-33(31)43)39-35(25-11-3-1-4-12-25)36-29-18-9-15-24-16-10-19-30(34(24)29)37(36)38(40-39)26-13-5-2-6-14-26/h1-23H. The maximum atomic E-state index is 13.4. The largest absolute Gasteiger partial charge is 0.246 e. The van der Waals surface area contributed by atoms with Crippen molar-refractivity contribution in [3.05, 3.63) is 140 Å². The van der Waals surface area contributed by atoms with Crippen molar-refractivity contribution in [2.24, 2.45) is 0 Å². The van der Waals surface area contributed by atoms with Gasteiger partial charge in [-0.15, -0.1) is 0 Å². The van der Waals surface area contributed by atoms with Gasteiger partial charge in [0.05, 0.1) is 21.2 Å². The van der Waals surface area contributed by atoms with Gasteiger partial charge < -0.3 is 0 Å². The molecule has 43 heavy (non-hydrogen) atoms. The first kappa shape index (κ1) is 24.3. The van der Waals surface area contributed by atoms with Crippen LogP contribution in [0, 0.1) is 0 Å². The van der Waals surface area contributed by atoms with Gasteiger partial charge in [0, 0.05) is 38.9 Å². The molecule has 0 unspecified atom stereocenters. The lowest BCUT2D eigenvalue weighted by atomic mass is 9.87. The van der Waals surface area contributed by atoms with Gasteiger partial charge in [-0.25, -0.2) is 13.4 Å². The van der Waals surface area contributed by atoms with Crippen LogP contribution in [0.1, 0.15) is 0 Å². The van der Waals surface area contributed by atoms with Crippen LogP contribution >= 0.6 is 0 Å². The molecule has 0 bridgehead atoms. The van der Waals surface area contributed by atoms with Crippen molar-refractivity contribution in [3.63, 3.8) is 0 Å². The van der Waals surface area contributed by atoms with Crippen molar-refractivity contribution in [2.75, 3.05) is 0 Å². The zero-order valence-corrected chi connectivity index (χ0v) is 23.8. The molecule has 0 spiro atoms. The summed E-state index contributed by atoms with van der Waals surface area (Å²) in [5.41, 5.74) is 11.9. The van der Waals surface area contributed by atoms with E-state index in [1.807, 2.05) is 48.5 Å². The summed E-state index contributed by atoms with van der Waals surface area (Å²) in [4.78, 5) is 6.21. The lowest BCUT2D eigenvalue weighted by Crippen LogP contribution is -1.99. The van der Waals surface area contributed by atoms with Gasteiger partial charge in [0.1, 0.15) is 0 Å². The number of hydrogen-bond donors (Lipinski definition) is 0. The third-order valence-electron chi connectivity index (χ3n) is 8.76. The molecule has 9 rings (SSSR count). The molecule has 0 amide bonds. The molecule has 2 aliphatic rings. The predicted molar refractivity (Wildman–Crippen MR) is 173 cm³/mol. The third kappa shape index (κ3) is 3.35. The second-order valence-corrected chi connectivity index (χ2v) is 13.0. The molecule has 1 aromatic heterocycles. The van der Waals surface area contributed by atoms with E-state index in [4.69, 9.17) is 4.98 Å². The fraction of sp³-hybridized carbons (Fsp3) is 0. The molecule has 1 aliphatic heterocycles. The molecule has 0 saturated carbocycles. The van der Waals surface area contributed by atoms with Crippen LogP contribution in [-0.4, -0.2) is 13.4 Å². The van der Waals surface area contributed by atoms with E-state index in [-0.39, 0.29) is 0 Å². The summed E-state index contributed by atoms with van der Waals surface area (Å²) in [7, 11) is -3.57. The molecule has 202 valence electrons. The van der Waals surface area contributed by atoms with E-state index < -0.39 is 9.84 Å². The average Bonchev–Trinajstić information content (AvgIpc) is 3.51. The predicted octanol–water partition coefficient (Wildman–Crippen LogP) is 9.70. The van der Waals surface area contributed by atoms with E-state index >= 15 is 0 Å². The Morgan fingerprint density at radius 2 is 1.00 bits per heavy atom. The average molecular weight is 570 g/mol. The topological polar surface area (TPSA) is 47.0 Å². The molecule has 7 aromatic rings. The van der Waals surface area contributed by atoms with Crippen molar-refractivity contribution in [3.8, 4) is 67.0 Å². The molecule has 0 atom stereocenters. The molecular formula is C39H23NO2S. The zero-order valence-electron chi connectivity index (χ0n) is 23.0. The molecule has 1 aliphatic carbocycles. The van der Waals surface area contributed by atoms with E-state index in [0.717, 1.165) is 55.9 Å². The summed E-state index contributed by atoms with van der Waals surface area (Å²) >= 11 is 0. The van der Waals surface area contributed by atoms with Crippen molar-refractivity contribution in [1.29, 1.82) is 0 Å². The molecule has 0 saturated heterocycles. The highest BCUT2D eigenvalue weighted by molar-refractivity contribution is 7.92. The maximum Gasteiger partial charge on any atom is 0.207 e. The van der Waals surface area contributed by atoms with Crippen LogP contribution in [0.2, 0.25) is 0 Å². The van der Waals surface area contributed by atoms with Gasteiger partial charge in [-0.2, -0.15) is 0 Å². The number of sulfone groups is 1. The first-order valence-corrected chi connectivity index (χ1v) is 15.8. The molecule has 0 fully saturated rings. The second kappa shape index (κ2) is 8.84. The van der Waals surface area contributed by atoms with Crippen LogP contribution in [-0.2, 0) is 9.84 Å². The fourth-order valence-electron chi connectivity index (χ4n) is 6.94. The van der Waals surface area contributed by atoms with Gasteiger partial charge >= 0.3 is 0 Å². The molecular weight excluding hydrogens is 547 g/mol. The van der Waals surface area contributed by atoms with Gasteiger partial charge in [0.2, 0.25) is 9.84 Å². The van der Waals surface area contributed by atoms with Crippen molar-refractivity contribution in [1.82, 2.24) is 4.98 Å². The minimum Gasteiger partial charge on any atom is -0.246 e. The van der Waals surface area contributed by atoms with Gasteiger partial charge in [0.25, 0.3) is 0 Å². The van der Waals surface area contributed by atoms with E-state index in [9.17, 15) is 8.42 Å². The number of hydrogen-bond acceptors (Lipinski definition) is 3. The number of pyridine rings is 1. The second-order valence-electron chi connectivity index (χ2n) is 11.1. The highest BCUT2D eigenvalue weighted by atomic mass is 32.2. The van der Waals surface area contributed by atoms with Gasteiger partial charge in [0.15, 0.2) is 0 Å². The summed E-state index contributed by atoms with van der Waals surface area (Å²) in [6, 6.07) is 46.7. The Hall–Kier alpha value is -5.32. The highest BCUT2D eigenvalue weighted by Gasteiger charge is 2.35. The van der Waals surface area contributed by atoms with Crippen molar-refractivity contribution in [2.45, 2.75) is 9.79 Å². The molecule has 0 radical (unpaired) electrons. The van der Waals surface area contributed by atoms with Crippen LogP contribution in [0.15, 0.2) is 149 Å². The molecule has 6 aromatic carbocycles. The highest BCUT2D eigenvalue weighted by Crippen LogP contribution is 2.56. The summed E-state index contributed by atoms with van der Waals surface area (Å²) in [6.45, 7) is 0. The van der Waals surface area contributed by atoms with Gasteiger partial charge in [-0.05, 0) is 45.7 Å². The third-order valence-corrected chi connectivity index (χ3v) is 10.6. The quantitative estimate of drug-likeness (QED) is 0.213. The van der Waals surface area contributed by atoms with Crippen LogP contribution < -0.4 is 0 Å². The number of fused-ring (bicyclic) bond motifs is 6. The molecule has 4 heteroatoms. The van der Waals surface area contributed by atoms with Crippen molar-refractivity contribution >= 4 is 20.6 Å². The van der Waals surface area contributed by atoms with Crippen LogP contribution in [0.3, 0.4) is 0 Å². The van der Waals surface area contributed by atoms with Crippen molar-refractivity contribution < 1.29 is 8.42 Å². The lowest BCUT2D eigenvalue weighted by Gasteiger charge is -2.20. The summed E-state index contributed by atoms with van der Waals surface area (Å²) in [5.74, 6) is 0. The first-order chi connectivity index (χ1) is 21.1. The number of aromatic nitrogens is 1.